The van der Waals surface area contributed by atoms with Gasteiger partial charge in [-0.2, -0.15) is 0 Å². The van der Waals surface area contributed by atoms with E-state index in [9.17, 15) is 18.3 Å². The number of aliphatic hydroxyl groups is 1. The summed E-state index contributed by atoms with van der Waals surface area (Å²) >= 11 is 0. The Labute approximate surface area is 123 Å². The fraction of sp³-hybridized carbons (Fsp3) is 0.500. The number of anilines is 1. The van der Waals surface area contributed by atoms with Gasteiger partial charge in [0.1, 0.15) is 0 Å². The monoisotopic (exact) mass is 310 g/mol. The number of benzene rings is 1. The number of nitrogens with one attached hydrogen (secondary N) is 1. The van der Waals surface area contributed by atoms with Crippen LogP contribution in [0.5, 0.6) is 0 Å². The Morgan fingerprint density at radius 1 is 1.43 bits per heavy atom. The summed E-state index contributed by atoms with van der Waals surface area (Å²) in [6.07, 6.45) is 1.97. The van der Waals surface area contributed by atoms with Gasteiger partial charge in [-0.25, -0.2) is 13.1 Å². The Morgan fingerprint density at radius 2 is 2.14 bits per heavy atom. The van der Waals surface area contributed by atoms with Gasteiger partial charge in [-0.1, -0.05) is 0 Å². The molecule has 1 aromatic rings. The molecule has 1 heterocycles. The molecule has 21 heavy (non-hydrogen) atoms. The van der Waals surface area contributed by atoms with E-state index in [-0.39, 0.29) is 17.4 Å². The van der Waals surface area contributed by atoms with Gasteiger partial charge >= 0.3 is 0 Å². The normalized spacial score (nSPS) is 19.4. The summed E-state index contributed by atoms with van der Waals surface area (Å²) in [5.74, 6) is -0.0419. The van der Waals surface area contributed by atoms with Crippen LogP contribution in [0.15, 0.2) is 23.1 Å². The number of carbonyl (C=O) groups excluding carboxylic acids is 1. The molecule has 7 heteroatoms. The molecule has 2 N–H and O–H groups in total. The van der Waals surface area contributed by atoms with Gasteiger partial charge in [-0.15, -0.1) is 0 Å². The number of amides is 1. The highest BCUT2D eigenvalue weighted by Gasteiger charge is 2.45. The Kier molecular flexibility index (Phi) is 3.31. The van der Waals surface area contributed by atoms with E-state index >= 15 is 0 Å². The van der Waals surface area contributed by atoms with Crippen LogP contribution in [0.25, 0.3) is 0 Å². The predicted octanol–water partition coefficient (Wildman–Crippen LogP) is 0.399. The average molecular weight is 310 g/mol. The zero-order valence-electron chi connectivity index (χ0n) is 11.8. The van der Waals surface area contributed by atoms with Crippen LogP contribution in [-0.4, -0.2) is 38.1 Å². The zero-order valence-corrected chi connectivity index (χ0v) is 12.6. The fourth-order valence-corrected chi connectivity index (χ4v) is 4.16. The molecular formula is C14H18N2O4S. The number of carbonyl (C=O) groups is 1. The van der Waals surface area contributed by atoms with Crippen molar-refractivity contribution in [2.75, 3.05) is 18.1 Å². The van der Waals surface area contributed by atoms with Gasteiger partial charge in [0.2, 0.25) is 15.9 Å². The molecule has 1 saturated carbocycles. The molecular weight excluding hydrogens is 292 g/mol. The van der Waals surface area contributed by atoms with Crippen molar-refractivity contribution < 1.29 is 18.3 Å². The van der Waals surface area contributed by atoms with Crippen LogP contribution in [0, 0.1) is 0 Å². The highest BCUT2D eigenvalue weighted by Crippen LogP contribution is 2.37. The molecule has 0 radical (unpaired) electrons. The lowest BCUT2D eigenvalue weighted by atomic mass is 10.2. The van der Waals surface area contributed by atoms with Gasteiger partial charge in [0.05, 0.1) is 17.0 Å². The van der Waals surface area contributed by atoms with Crippen molar-refractivity contribution in [1.82, 2.24) is 4.72 Å². The lowest BCUT2D eigenvalue weighted by Gasteiger charge is -2.17. The summed E-state index contributed by atoms with van der Waals surface area (Å²) in [7, 11) is -3.64. The quantitative estimate of drug-likeness (QED) is 0.843. The Morgan fingerprint density at radius 3 is 2.71 bits per heavy atom. The number of hydrogen-bond donors (Lipinski definition) is 2. The smallest absolute Gasteiger partial charge is 0.241 e. The molecule has 1 aliphatic heterocycles. The van der Waals surface area contributed by atoms with Crippen LogP contribution in [-0.2, 0) is 21.2 Å². The third kappa shape index (κ3) is 2.56. The molecule has 0 aromatic heterocycles. The molecule has 0 saturated heterocycles. The minimum absolute atomic E-state index is 0.0419. The standard InChI is InChI=1S/C14H18N2O4S/c1-10(18)16-7-4-11-8-12(2-3-13(11)16)21(19,20)15-14(9-17)5-6-14/h2-3,8,15,17H,4-7,9H2,1H3. The summed E-state index contributed by atoms with van der Waals surface area (Å²) in [5.41, 5.74) is 0.968. The van der Waals surface area contributed by atoms with Gasteiger partial charge in [0.15, 0.2) is 0 Å². The van der Waals surface area contributed by atoms with Crippen molar-refractivity contribution in [3.8, 4) is 0 Å². The van der Waals surface area contributed by atoms with Crippen LogP contribution in [0.4, 0.5) is 5.69 Å². The van der Waals surface area contributed by atoms with E-state index in [1.807, 2.05) is 0 Å². The third-order valence-corrected chi connectivity index (χ3v) is 5.72. The summed E-state index contributed by atoms with van der Waals surface area (Å²) in [4.78, 5) is 13.3. The van der Waals surface area contributed by atoms with E-state index in [4.69, 9.17) is 0 Å². The lowest BCUT2D eigenvalue weighted by molar-refractivity contribution is -0.116. The first-order valence-electron chi connectivity index (χ1n) is 6.93. The maximum Gasteiger partial charge on any atom is 0.241 e. The Hall–Kier alpha value is -1.44. The van der Waals surface area contributed by atoms with E-state index in [2.05, 4.69) is 4.72 Å². The SMILES string of the molecule is CC(=O)N1CCc2cc(S(=O)(=O)NC3(CO)CC3)ccc21. The molecule has 1 aromatic carbocycles. The van der Waals surface area contributed by atoms with Gasteiger partial charge in [0, 0.05) is 19.2 Å². The molecule has 6 nitrogen and oxygen atoms in total. The number of fused-ring (bicyclic) bond motifs is 1. The zero-order chi connectivity index (χ0) is 15.3. The van der Waals surface area contributed by atoms with Crippen molar-refractivity contribution in [3.63, 3.8) is 0 Å². The molecule has 0 spiro atoms. The molecule has 0 bridgehead atoms. The molecule has 0 atom stereocenters. The highest BCUT2D eigenvalue weighted by molar-refractivity contribution is 7.89. The first-order chi connectivity index (χ1) is 9.87. The molecule has 1 aliphatic carbocycles. The summed E-state index contributed by atoms with van der Waals surface area (Å²) in [5, 5.41) is 9.25. The van der Waals surface area contributed by atoms with E-state index < -0.39 is 15.6 Å². The van der Waals surface area contributed by atoms with E-state index in [1.54, 1.807) is 17.0 Å². The van der Waals surface area contributed by atoms with Gasteiger partial charge in [0.25, 0.3) is 0 Å². The van der Waals surface area contributed by atoms with Gasteiger partial charge < -0.3 is 10.0 Å². The first kappa shape index (κ1) is 14.5. The topological polar surface area (TPSA) is 86.7 Å². The highest BCUT2D eigenvalue weighted by atomic mass is 32.2. The summed E-state index contributed by atoms with van der Waals surface area (Å²) in [6.45, 7) is 1.90. The Balaban J connectivity index is 1.89. The number of rotatable bonds is 4. The van der Waals surface area contributed by atoms with Crippen LogP contribution in [0.2, 0.25) is 0 Å². The molecule has 3 rings (SSSR count). The second kappa shape index (κ2) is 4.79. The maximum atomic E-state index is 12.4. The van der Waals surface area contributed by atoms with Crippen LogP contribution < -0.4 is 9.62 Å². The number of aliphatic hydroxyl groups excluding tert-OH is 1. The first-order valence-corrected chi connectivity index (χ1v) is 8.41. The van der Waals surface area contributed by atoms with Crippen LogP contribution in [0.1, 0.15) is 25.3 Å². The van der Waals surface area contributed by atoms with Crippen molar-refractivity contribution in [3.05, 3.63) is 23.8 Å². The number of hydrogen-bond acceptors (Lipinski definition) is 4. The van der Waals surface area contributed by atoms with Crippen LogP contribution >= 0.6 is 0 Å². The van der Waals surface area contributed by atoms with E-state index in [0.29, 0.717) is 25.8 Å². The average Bonchev–Trinajstić information content (AvgIpc) is 3.06. The van der Waals surface area contributed by atoms with Gasteiger partial charge in [-0.05, 0) is 43.0 Å². The van der Waals surface area contributed by atoms with Crippen molar-refractivity contribution >= 4 is 21.6 Å². The minimum atomic E-state index is -3.64. The van der Waals surface area contributed by atoms with Crippen molar-refractivity contribution in [2.45, 2.75) is 36.6 Å². The third-order valence-electron chi connectivity index (χ3n) is 4.14. The minimum Gasteiger partial charge on any atom is -0.394 e. The van der Waals surface area contributed by atoms with E-state index in [1.165, 1.54) is 13.0 Å². The maximum absolute atomic E-state index is 12.4. The lowest BCUT2D eigenvalue weighted by Crippen LogP contribution is -2.39. The predicted molar refractivity (Wildman–Crippen MR) is 77.5 cm³/mol. The summed E-state index contributed by atoms with van der Waals surface area (Å²) in [6, 6.07) is 4.81. The fourth-order valence-electron chi connectivity index (χ4n) is 2.66. The van der Waals surface area contributed by atoms with Gasteiger partial charge in [-0.3, -0.25) is 4.79 Å². The van der Waals surface area contributed by atoms with Crippen LogP contribution in [0.3, 0.4) is 0 Å². The molecule has 114 valence electrons. The van der Waals surface area contributed by atoms with Crippen molar-refractivity contribution in [2.24, 2.45) is 0 Å². The molecule has 1 fully saturated rings. The van der Waals surface area contributed by atoms with Crippen molar-refractivity contribution in [1.29, 1.82) is 0 Å². The largest absolute Gasteiger partial charge is 0.394 e. The second-order valence-corrected chi connectivity index (χ2v) is 7.44. The number of nitrogens with zero attached hydrogens (tertiary/aromatic N) is 1. The Bertz CT molecular complexity index is 695. The number of sulfonamides is 1. The molecule has 1 amide bonds. The molecule has 0 unspecified atom stereocenters. The second-order valence-electron chi connectivity index (χ2n) is 5.76. The summed E-state index contributed by atoms with van der Waals surface area (Å²) < 4.78 is 27.3. The van der Waals surface area contributed by atoms with E-state index in [0.717, 1.165) is 11.3 Å². The molecule has 2 aliphatic rings.